The van der Waals surface area contributed by atoms with E-state index >= 15 is 0 Å². The molecular formula is C16H22N4. The highest BCUT2D eigenvalue weighted by Crippen LogP contribution is 2.33. The van der Waals surface area contributed by atoms with Crippen molar-refractivity contribution in [1.29, 1.82) is 0 Å². The number of anilines is 1. The summed E-state index contributed by atoms with van der Waals surface area (Å²) in [4.78, 5) is 4.82. The van der Waals surface area contributed by atoms with Gasteiger partial charge >= 0.3 is 0 Å². The number of para-hydroxylation sites is 1. The molecule has 0 aliphatic heterocycles. The van der Waals surface area contributed by atoms with Gasteiger partial charge in [-0.2, -0.15) is 5.10 Å². The van der Waals surface area contributed by atoms with E-state index in [9.17, 15) is 0 Å². The Hall–Kier alpha value is -1.84. The largest absolute Gasteiger partial charge is 0.388 e. The molecule has 3 rings (SSSR count). The van der Waals surface area contributed by atoms with E-state index in [-0.39, 0.29) is 0 Å². The average molecular weight is 270 g/mol. The van der Waals surface area contributed by atoms with E-state index in [0.717, 1.165) is 22.9 Å². The second-order valence-electron chi connectivity index (χ2n) is 5.55. The summed E-state index contributed by atoms with van der Waals surface area (Å²) in [6, 6.07) is 8.25. The van der Waals surface area contributed by atoms with Crippen molar-refractivity contribution >= 4 is 5.69 Å². The molecule has 1 aliphatic rings. The molecule has 1 heterocycles. The van der Waals surface area contributed by atoms with Gasteiger partial charge in [-0.15, -0.1) is 0 Å². The summed E-state index contributed by atoms with van der Waals surface area (Å²) in [5.41, 5.74) is 2.21. The predicted molar refractivity (Wildman–Crippen MR) is 81.8 cm³/mol. The van der Waals surface area contributed by atoms with Crippen molar-refractivity contribution in [3.63, 3.8) is 0 Å². The summed E-state index contributed by atoms with van der Waals surface area (Å²) in [6.45, 7) is 0. The van der Waals surface area contributed by atoms with Crippen LogP contribution in [-0.2, 0) is 7.05 Å². The molecule has 4 nitrogen and oxygen atoms in total. The minimum absolute atomic E-state index is 0.547. The normalized spacial score (nSPS) is 16.3. The van der Waals surface area contributed by atoms with Crippen LogP contribution in [0.25, 0.3) is 11.4 Å². The molecule has 1 N–H and O–H groups in total. The number of rotatable bonds is 3. The van der Waals surface area contributed by atoms with E-state index in [4.69, 9.17) is 4.98 Å². The molecule has 0 spiro atoms. The van der Waals surface area contributed by atoms with Crippen LogP contribution >= 0.6 is 0 Å². The summed E-state index contributed by atoms with van der Waals surface area (Å²) in [5.74, 6) is 2.52. The zero-order valence-corrected chi connectivity index (χ0v) is 12.3. The van der Waals surface area contributed by atoms with Crippen molar-refractivity contribution in [2.45, 2.75) is 38.0 Å². The molecule has 0 unspecified atom stereocenters. The molecule has 1 fully saturated rings. The average Bonchev–Trinajstić information content (AvgIpc) is 2.90. The quantitative estimate of drug-likeness (QED) is 0.927. The second kappa shape index (κ2) is 5.65. The van der Waals surface area contributed by atoms with E-state index in [1.54, 1.807) is 0 Å². The van der Waals surface area contributed by atoms with Gasteiger partial charge < -0.3 is 5.32 Å². The first-order chi connectivity index (χ1) is 9.79. The third-order valence-corrected chi connectivity index (χ3v) is 4.19. The van der Waals surface area contributed by atoms with Crippen LogP contribution < -0.4 is 5.32 Å². The van der Waals surface area contributed by atoms with Crippen molar-refractivity contribution in [2.75, 3.05) is 12.4 Å². The second-order valence-corrected chi connectivity index (χ2v) is 5.55. The molecule has 4 heteroatoms. The first kappa shape index (κ1) is 13.2. The zero-order chi connectivity index (χ0) is 13.9. The lowest BCUT2D eigenvalue weighted by atomic mass is 9.89. The fraction of sp³-hybridized carbons (Fsp3) is 0.500. The first-order valence-electron chi connectivity index (χ1n) is 7.47. The molecule has 0 atom stereocenters. The highest BCUT2D eigenvalue weighted by atomic mass is 15.3. The Kier molecular flexibility index (Phi) is 3.72. The van der Waals surface area contributed by atoms with Crippen LogP contribution in [0.5, 0.6) is 0 Å². The number of hydrogen-bond acceptors (Lipinski definition) is 3. The molecule has 1 aromatic heterocycles. The highest BCUT2D eigenvalue weighted by molar-refractivity contribution is 5.73. The topological polar surface area (TPSA) is 42.7 Å². The Morgan fingerprint density at radius 3 is 2.65 bits per heavy atom. The lowest BCUT2D eigenvalue weighted by Gasteiger charge is -2.18. The molecule has 1 aromatic carbocycles. The van der Waals surface area contributed by atoms with Crippen molar-refractivity contribution in [1.82, 2.24) is 14.8 Å². The van der Waals surface area contributed by atoms with Gasteiger partial charge in [0.2, 0.25) is 0 Å². The summed E-state index contributed by atoms with van der Waals surface area (Å²) < 4.78 is 1.92. The van der Waals surface area contributed by atoms with Crippen LogP contribution in [-0.4, -0.2) is 21.8 Å². The molecule has 106 valence electrons. The monoisotopic (exact) mass is 270 g/mol. The van der Waals surface area contributed by atoms with Crippen LogP contribution in [0, 0.1) is 0 Å². The van der Waals surface area contributed by atoms with Gasteiger partial charge in [0.15, 0.2) is 11.6 Å². The van der Waals surface area contributed by atoms with E-state index in [1.807, 2.05) is 30.9 Å². The Balaban J connectivity index is 1.96. The van der Waals surface area contributed by atoms with Gasteiger partial charge in [-0.3, -0.25) is 0 Å². The maximum Gasteiger partial charge on any atom is 0.160 e. The van der Waals surface area contributed by atoms with Gasteiger partial charge in [-0.1, -0.05) is 31.4 Å². The molecule has 1 saturated carbocycles. The van der Waals surface area contributed by atoms with Gasteiger partial charge in [-0.05, 0) is 25.0 Å². The lowest BCUT2D eigenvalue weighted by molar-refractivity contribution is 0.427. The smallest absolute Gasteiger partial charge is 0.160 e. The van der Waals surface area contributed by atoms with Gasteiger partial charge in [0.1, 0.15) is 0 Å². The highest BCUT2D eigenvalue weighted by Gasteiger charge is 2.21. The van der Waals surface area contributed by atoms with Crippen molar-refractivity contribution < 1.29 is 0 Å². The fourth-order valence-electron chi connectivity index (χ4n) is 3.07. The number of benzene rings is 1. The van der Waals surface area contributed by atoms with Crippen LogP contribution in [0.15, 0.2) is 24.3 Å². The molecular weight excluding hydrogens is 248 g/mol. The number of aromatic nitrogens is 3. The van der Waals surface area contributed by atoms with Crippen LogP contribution in [0.3, 0.4) is 0 Å². The maximum atomic E-state index is 4.82. The van der Waals surface area contributed by atoms with Crippen molar-refractivity contribution in [3.8, 4) is 11.4 Å². The minimum Gasteiger partial charge on any atom is -0.388 e. The van der Waals surface area contributed by atoms with Crippen LogP contribution in [0.2, 0.25) is 0 Å². The Bertz CT molecular complexity index is 582. The Morgan fingerprint density at radius 1 is 1.15 bits per heavy atom. The van der Waals surface area contributed by atoms with Crippen molar-refractivity contribution in [2.24, 2.45) is 7.05 Å². The number of nitrogens with zero attached hydrogens (tertiary/aromatic N) is 3. The molecule has 0 saturated heterocycles. The van der Waals surface area contributed by atoms with Gasteiger partial charge in [0, 0.05) is 31.3 Å². The molecule has 20 heavy (non-hydrogen) atoms. The number of hydrogen-bond donors (Lipinski definition) is 1. The first-order valence-corrected chi connectivity index (χ1v) is 7.47. The summed E-state index contributed by atoms with van der Waals surface area (Å²) >= 11 is 0. The Morgan fingerprint density at radius 2 is 1.90 bits per heavy atom. The van der Waals surface area contributed by atoms with E-state index < -0.39 is 0 Å². The fourth-order valence-corrected chi connectivity index (χ4v) is 3.07. The predicted octanol–water partition coefficient (Wildman–Crippen LogP) is 3.57. The SMILES string of the molecule is CNc1ccccc1-c1nc(C2CCCCC2)nn1C. The van der Waals surface area contributed by atoms with Gasteiger partial charge in [0.25, 0.3) is 0 Å². The third kappa shape index (κ3) is 2.42. The third-order valence-electron chi connectivity index (χ3n) is 4.19. The zero-order valence-electron chi connectivity index (χ0n) is 12.3. The Labute approximate surface area is 120 Å². The number of aryl methyl sites for hydroxylation is 1. The lowest BCUT2D eigenvalue weighted by Crippen LogP contribution is -2.06. The van der Waals surface area contributed by atoms with Gasteiger partial charge in [-0.25, -0.2) is 9.67 Å². The van der Waals surface area contributed by atoms with Crippen LogP contribution in [0.4, 0.5) is 5.69 Å². The minimum atomic E-state index is 0.547. The van der Waals surface area contributed by atoms with Gasteiger partial charge in [0.05, 0.1) is 0 Å². The van der Waals surface area contributed by atoms with E-state index in [2.05, 4.69) is 22.5 Å². The summed E-state index contributed by atoms with van der Waals surface area (Å²) in [6.07, 6.45) is 6.45. The van der Waals surface area contributed by atoms with Crippen molar-refractivity contribution in [3.05, 3.63) is 30.1 Å². The molecule has 0 bridgehead atoms. The molecule has 1 aliphatic carbocycles. The standard InChI is InChI=1S/C16H22N4/c1-17-14-11-7-6-10-13(14)16-18-15(19-20(16)2)12-8-4-3-5-9-12/h6-7,10-12,17H,3-5,8-9H2,1-2H3. The number of nitrogens with one attached hydrogen (secondary N) is 1. The molecule has 0 radical (unpaired) electrons. The molecule has 0 amide bonds. The summed E-state index contributed by atoms with van der Waals surface area (Å²) in [7, 11) is 3.93. The maximum absolute atomic E-state index is 4.82. The molecule has 2 aromatic rings. The van der Waals surface area contributed by atoms with E-state index in [0.29, 0.717) is 5.92 Å². The summed E-state index contributed by atoms with van der Waals surface area (Å²) in [5, 5.41) is 7.89. The van der Waals surface area contributed by atoms with Crippen LogP contribution in [0.1, 0.15) is 43.8 Å². The van der Waals surface area contributed by atoms with E-state index in [1.165, 1.54) is 32.1 Å².